The second-order valence-electron chi connectivity index (χ2n) is 1.96. The average molecular weight is 159 g/mol. The van der Waals surface area contributed by atoms with Gasteiger partial charge in [0.05, 0.1) is 0 Å². The Labute approximate surface area is 66.0 Å². The lowest BCUT2D eigenvalue weighted by molar-refractivity contribution is -0.135. The fourth-order valence-electron chi connectivity index (χ4n) is 0.353. The van der Waals surface area contributed by atoms with Crippen LogP contribution in [0.2, 0.25) is 0 Å². The van der Waals surface area contributed by atoms with E-state index in [-0.39, 0.29) is 12.2 Å². The quantitative estimate of drug-likeness (QED) is 0.373. The highest BCUT2D eigenvalue weighted by Gasteiger charge is 1.93. The molecule has 0 radical (unpaired) electrons. The van der Waals surface area contributed by atoms with Crippen molar-refractivity contribution in [3.05, 3.63) is 12.5 Å². The summed E-state index contributed by atoms with van der Waals surface area (Å²) in [5, 5.41) is 0. The van der Waals surface area contributed by atoms with E-state index < -0.39 is 0 Å². The Morgan fingerprint density at radius 3 is 2.73 bits per heavy atom. The van der Waals surface area contributed by atoms with Gasteiger partial charge in [0.2, 0.25) is 0 Å². The van der Waals surface area contributed by atoms with E-state index in [9.17, 15) is 4.79 Å². The van der Waals surface area contributed by atoms with Crippen LogP contribution < -0.4 is 5.73 Å². The van der Waals surface area contributed by atoms with Crippen molar-refractivity contribution in [1.82, 2.24) is 0 Å². The molecular formula is C7H13NO3. The highest BCUT2D eigenvalue weighted by Crippen LogP contribution is 1.90. The summed E-state index contributed by atoms with van der Waals surface area (Å²) in [7, 11) is 0. The maximum Gasteiger partial charge on any atom is 0.307 e. The van der Waals surface area contributed by atoms with E-state index in [4.69, 9.17) is 10.5 Å². The minimum atomic E-state index is -0.380. The van der Waals surface area contributed by atoms with Crippen LogP contribution in [0.5, 0.6) is 0 Å². The van der Waals surface area contributed by atoms with Crippen LogP contribution in [-0.4, -0.2) is 12.2 Å². The van der Waals surface area contributed by atoms with Gasteiger partial charge >= 0.3 is 5.97 Å². The molecule has 1 unspecified atom stereocenters. The van der Waals surface area contributed by atoms with Gasteiger partial charge in [-0.25, -0.2) is 0 Å². The van der Waals surface area contributed by atoms with Crippen molar-refractivity contribution in [2.75, 3.05) is 0 Å². The molecule has 2 N–H and O–H groups in total. The van der Waals surface area contributed by atoms with Crippen LogP contribution in [0.15, 0.2) is 12.5 Å². The first-order valence-electron chi connectivity index (χ1n) is 3.40. The summed E-state index contributed by atoms with van der Waals surface area (Å²) in [4.78, 5) is 10.2. The third-order valence-electron chi connectivity index (χ3n) is 0.945. The van der Waals surface area contributed by atoms with Crippen molar-refractivity contribution >= 4 is 5.97 Å². The maximum atomic E-state index is 10.2. The molecule has 0 aromatic carbocycles. The minimum Gasteiger partial charge on any atom is -0.480 e. The second kappa shape index (κ2) is 5.73. The first-order valence-corrected chi connectivity index (χ1v) is 3.40. The fourth-order valence-corrected chi connectivity index (χ4v) is 0.353. The molecule has 0 aromatic heterocycles. The third kappa shape index (κ3) is 6.86. The molecule has 0 aliphatic carbocycles. The number of esters is 1. The standard InChI is InChI=1S/C7H13NO3/c1-3-7(8)11-5-4-10-6(2)9/h4-5,7H,3,8H2,1-2H3. The molecule has 4 heteroatoms. The van der Waals surface area contributed by atoms with Crippen LogP contribution >= 0.6 is 0 Å². The zero-order valence-corrected chi connectivity index (χ0v) is 6.74. The van der Waals surface area contributed by atoms with Crippen molar-refractivity contribution in [2.24, 2.45) is 5.73 Å². The monoisotopic (exact) mass is 159 g/mol. The van der Waals surface area contributed by atoms with E-state index in [0.717, 1.165) is 6.26 Å². The lowest BCUT2D eigenvalue weighted by atomic mass is 10.4. The number of hydrogen-bond acceptors (Lipinski definition) is 4. The Hall–Kier alpha value is -1.03. The fraction of sp³-hybridized carbons (Fsp3) is 0.571. The number of nitrogens with two attached hydrogens (primary N) is 1. The Balaban J connectivity index is 3.36. The van der Waals surface area contributed by atoms with Crippen molar-refractivity contribution in [3.63, 3.8) is 0 Å². The Morgan fingerprint density at radius 1 is 1.64 bits per heavy atom. The lowest BCUT2D eigenvalue weighted by Gasteiger charge is -2.06. The van der Waals surface area contributed by atoms with E-state index in [1.807, 2.05) is 6.92 Å². The minimum absolute atomic E-state index is 0.332. The van der Waals surface area contributed by atoms with Gasteiger partial charge in [0.25, 0.3) is 0 Å². The zero-order chi connectivity index (χ0) is 8.69. The van der Waals surface area contributed by atoms with E-state index in [1.54, 1.807) is 0 Å². The van der Waals surface area contributed by atoms with Gasteiger partial charge in [-0.05, 0) is 6.42 Å². The van der Waals surface area contributed by atoms with Crippen LogP contribution in [-0.2, 0) is 14.3 Å². The lowest BCUT2D eigenvalue weighted by Crippen LogP contribution is -2.19. The summed E-state index contributed by atoms with van der Waals surface area (Å²) >= 11 is 0. The van der Waals surface area contributed by atoms with E-state index in [1.165, 1.54) is 13.2 Å². The molecule has 0 aliphatic heterocycles. The first kappa shape index (κ1) is 9.97. The third-order valence-corrected chi connectivity index (χ3v) is 0.945. The molecule has 0 saturated heterocycles. The Kier molecular flexibility index (Phi) is 5.20. The zero-order valence-electron chi connectivity index (χ0n) is 6.74. The van der Waals surface area contributed by atoms with Gasteiger partial charge in [-0.3, -0.25) is 10.5 Å². The van der Waals surface area contributed by atoms with Crippen LogP contribution in [0.3, 0.4) is 0 Å². The average Bonchev–Trinajstić information content (AvgIpc) is 1.97. The number of carbonyl (C=O) groups is 1. The Morgan fingerprint density at radius 2 is 2.27 bits per heavy atom. The number of ether oxygens (including phenoxy) is 2. The molecule has 0 aromatic rings. The summed E-state index contributed by atoms with van der Waals surface area (Å²) in [6.45, 7) is 3.20. The molecular weight excluding hydrogens is 146 g/mol. The topological polar surface area (TPSA) is 61.6 Å². The van der Waals surface area contributed by atoms with Gasteiger partial charge in [-0.15, -0.1) is 0 Å². The summed E-state index contributed by atoms with van der Waals surface area (Å²) in [5.74, 6) is -0.380. The molecule has 0 bridgehead atoms. The van der Waals surface area contributed by atoms with Gasteiger partial charge in [-0.2, -0.15) is 0 Å². The maximum absolute atomic E-state index is 10.2. The summed E-state index contributed by atoms with van der Waals surface area (Å²) < 4.78 is 9.30. The molecule has 0 fully saturated rings. The molecule has 11 heavy (non-hydrogen) atoms. The predicted octanol–water partition coefficient (Wildman–Crippen LogP) is 0.732. The molecule has 4 nitrogen and oxygen atoms in total. The van der Waals surface area contributed by atoms with E-state index in [0.29, 0.717) is 6.42 Å². The van der Waals surface area contributed by atoms with Crippen molar-refractivity contribution < 1.29 is 14.3 Å². The summed E-state index contributed by atoms with van der Waals surface area (Å²) in [5.41, 5.74) is 5.38. The molecule has 0 spiro atoms. The largest absolute Gasteiger partial charge is 0.480 e. The van der Waals surface area contributed by atoms with Gasteiger partial charge in [0, 0.05) is 6.92 Å². The van der Waals surface area contributed by atoms with E-state index >= 15 is 0 Å². The molecule has 64 valence electrons. The van der Waals surface area contributed by atoms with Gasteiger partial charge in [0.15, 0.2) is 0 Å². The van der Waals surface area contributed by atoms with Crippen molar-refractivity contribution in [2.45, 2.75) is 26.5 Å². The molecule has 0 amide bonds. The van der Waals surface area contributed by atoms with Crippen LogP contribution in [0, 0.1) is 0 Å². The van der Waals surface area contributed by atoms with Crippen LogP contribution in [0.1, 0.15) is 20.3 Å². The summed E-state index contributed by atoms with van der Waals surface area (Å²) in [6, 6.07) is 0. The van der Waals surface area contributed by atoms with Gasteiger partial charge in [0.1, 0.15) is 18.8 Å². The van der Waals surface area contributed by atoms with Crippen LogP contribution in [0.25, 0.3) is 0 Å². The smallest absolute Gasteiger partial charge is 0.307 e. The normalized spacial score (nSPS) is 13.0. The molecule has 0 heterocycles. The number of rotatable bonds is 4. The van der Waals surface area contributed by atoms with Crippen LogP contribution in [0.4, 0.5) is 0 Å². The molecule has 0 rings (SSSR count). The van der Waals surface area contributed by atoms with Crippen molar-refractivity contribution in [1.29, 1.82) is 0 Å². The second-order valence-corrected chi connectivity index (χ2v) is 1.96. The Bertz CT molecular complexity index is 145. The highest BCUT2D eigenvalue weighted by molar-refractivity contribution is 5.66. The number of carbonyl (C=O) groups excluding carboxylic acids is 1. The first-order chi connectivity index (χ1) is 5.16. The van der Waals surface area contributed by atoms with Gasteiger partial charge < -0.3 is 9.47 Å². The van der Waals surface area contributed by atoms with Crippen molar-refractivity contribution in [3.8, 4) is 0 Å². The molecule has 1 atom stereocenters. The highest BCUT2D eigenvalue weighted by atomic mass is 16.5. The predicted molar refractivity (Wildman–Crippen MR) is 40.3 cm³/mol. The van der Waals surface area contributed by atoms with E-state index in [2.05, 4.69) is 4.74 Å². The molecule has 0 saturated carbocycles. The van der Waals surface area contributed by atoms with Gasteiger partial charge in [-0.1, -0.05) is 6.92 Å². The number of hydrogen-bond donors (Lipinski definition) is 1. The molecule has 0 aliphatic rings. The SMILES string of the molecule is CCC(N)OC=COC(C)=O. The summed E-state index contributed by atoms with van der Waals surface area (Å²) in [6.07, 6.45) is 2.81.